The van der Waals surface area contributed by atoms with Crippen molar-refractivity contribution in [2.45, 2.75) is 51.5 Å². The van der Waals surface area contributed by atoms with Crippen LogP contribution in [0.15, 0.2) is 36.7 Å². The fraction of sp³-hybridized carbons (Fsp3) is 0.500. The van der Waals surface area contributed by atoms with E-state index in [1.165, 1.54) is 32.1 Å². The first-order valence-electron chi connectivity index (χ1n) is 9.18. The van der Waals surface area contributed by atoms with Gasteiger partial charge in [0.25, 0.3) is 0 Å². The highest BCUT2D eigenvalue weighted by Crippen LogP contribution is 2.27. The first kappa shape index (κ1) is 17.5. The van der Waals surface area contributed by atoms with E-state index in [1.807, 2.05) is 35.1 Å². The lowest BCUT2D eigenvalue weighted by Crippen LogP contribution is -2.14. The summed E-state index contributed by atoms with van der Waals surface area (Å²) in [5.74, 6) is 1.66. The molecule has 1 aliphatic rings. The van der Waals surface area contributed by atoms with E-state index in [1.54, 1.807) is 13.3 Å². The molecule has 1 amide bonds. The summed E-state index contributed by atoms with van der Waals surface area (Å²) in [5, 5.41) is 7.29. The monoisotopic (exact) mass is 341 g/mol. The number of benzene rings is 1. The molecule has 0 spiro atoms. The fourth-order valence-electron chi connectivity index (χ4n) is 3.51. The van der Waals surface area contributed by atoms with Gasteiger partial charge >= 0.3 is 0 Å². The molecule has 2 aromatic rings. The highest BCUT2D eigenvalue weighted by Gasteiger charge is 2.15. The second-order valence-corrected chi connectivity index (χ2v) is 6.87. The number of methoxy groups -OCH3 is 1. The molecule has 5 nitrogen and oxygen atoms in total. The van der Waals surface area contributed by atoms with Gasteiger partial charge in [-0.1, -0.05) is 44.2 Å². The van der Waals surface area contributed by atoms with Crippen molar-refractivity contribution >= 4 is 11.6 Å². The molecule has 134 valence electrons. The molecule has 0 saturated heterocycles. The summed E-state index contributed by atoms with van der Waals surface area (Å²) in [5.41, 5.74) is 1.87. The fourth-order valence-corrected chi connectivity index (χ4v) is 3.51. The lowest BCUT2D eigenvalue weighted by Gasteiger charge is -2.20. The molecule has 3 rings (SSSR count). The molecule has 1 saturated carbocycles. The largest absolute Gasteiger partial charge is 0.497 e. The van der Waals surface area contributed by atoms with Gasteiger partial charge in [0.15, 0.2) is 0 Å². The van der Waals surface area contributed by atoms with Crippen LogP contribution in [0.5, 0.6) is 5.75 Å². The molecule has 1 aromatic heterocycles. The topological polar surface area (TPSA) is 56.1 Å². The molecule has 25 heavy (non-hydrogen) atoms. The van der Waals surface area contributed by atoms with E-state index < -0.39 is 0 Å². The Morgan fingerprint density at radius 1 is 1.32 bits per heavy atom. The number of carbonyl (C=O) groups excluding carboxylic acids is 1. The summed E-state index contributed by atoms with van der Waals surface area (Å²) in [4.78, 5) is 12.1. The molecule has 1 N–H and O–H groups in total. The van der Waals surface area contributed by atoms with Crippen molar-refractivity contribution in [3.8, 4) is 5.75 Å². The summed E-state index contributed by atoms with van der Waals surface area (Å²) in [6.07, 6.45) is 11.8. The van der Waals surface area contributed by atoms with Gasteiger partial charge in [0.05, 0.1) is 25.5 Å². The van der Waals surface area contributed by atoms with Gasteiger partial charge < -0.3 is 10.1 Å². The highest BCUT2D eigenvalue weighted by molar-refractivity contribution is 5.90. The van der Waals surface area contributed by atoms with Gasteiger partial charge in [-0.3, -0.25) is 9.48 Å². The van der Waals surface area contributed by atoms with Crippen LogP contribution in [0.25, 0.3) is 0 Å². The van der Waals surface area contributed by atoms with Crippen LogP contribution < -0.4 is 10.1 Å². The van der Waals surface area contributed by atoms with Gasteiger partial charge in [-0.2, -0.15) is 5.10 Å². The summed E-state index contributed by atoms with van der Waals surface area (Å²) >= 11 is 0. The first-order valence-corrected chi connectivity index (χ1v) is 9.18. The van der Waals surface area contributed by atoms with Crippen molar-refractivity contribution in [3.63, 3.8) is 0 Å². The molecule has 0 radical (unpaired) electrons. The number of rotatable bonds is 7. The third-order valence-electron chi connectivity index (χ3n) is 4.90. The molecule has 1 fully saturated rings. The average molecular weight is 341 g/mol. The number of hydrogen-bond donors (Lipinski definition) is 1. The number of aromatic nitrogens is 2. The molecule has 0 bridgehead atoms. The van der Waals surface area contributed by atoms with E-state index in [9.17, 15) is 4.79 Å². The Balaban J connectivity index is 1.48. The zero-order chi connectivity index (χ0) is 17.5. The van der Waals surface area contributed by atoms with E-state index in [4.69, 9.17) is 4.74 Å². The third kappa shape index (κ3) is 5.34. The van der Waals surface area contributed by atoms with Crippen LogP contribution >= 0.6 is 0 Å². The van der Waals surface area contributed by atoms with Crippen molar-refractivity contribution < 1.29 is 9.53 Å². The van der Waals surface area contributed by atoms with Crippen molar-refractivity contribution in [2.24, 2.45) is 5.92 Å². The molecule has 1 aliphatic carbocycles. The standard InChI is InChI=1S/C20H27N3O2/c1-25-19-9-5-8-17(12-19)14-23-15-18(13-21-23)22-20(24)11-10-16-6-3-2-4-7-16/h5,8-9,12-13,15-16H,2-4,6-7,10-11,14H2,1H3,(H,22,24). The van der Waals surface area contributed by atoms with Crippen molar-refractivity contribution in [1.29, 1.82) is 0 Å². The van der Waals surface area contributed by atoms with Crippen molar-refractivity contribution in [2.75, 3.05) is 12.4 Å². The molecule has 1 heterocycles. The third-order valence-corrected chi connectivity index (χ3v) is 4.90. The maximum absolute atomic E-state index is 12.1. The number of hydrogen-bond acceptors (Lipinski definition) is 3. The number of ether oxygens (including phenoxy) is 1. The number of anilines is 1. The van der Waals surface area contributed by atoms with Gasteiger partial charge in [-0.15, -0.1) is 0 Å². The molecule has 5 heteroatoms. The summed E-state index contributed by atoms with van der Waals surface area (Å²) in [7, 11) is 1.66. The highest BCUT2D eigenvalue weighted by atomic mass is 16.5. The first-order chi connectivity index (χ1) is 12.2. The lowest BCUT2D eigenvalue weighted by molar-refractivity contribution is -0.116. The Kier molecular flexibility index (Phi) is 6.09. The van der Waals surface area contributed by atoms with Crippen LogP contribution in [0.3, 0.4) is 0 Å². The molecule has 0 aliphatic heterocycles. The smallest absolute Gasteiger partial charge is 0.224 e. The second-order valence-electron chi connectivity index (χ2n) is 6.87. The van der Waals surface area contributed by atoms with Crippen LogP contribution in [0.1, 0.15) is 50.5 Å². The molecule has 0 unspecified atom stereocenters. The molecular formula is C20H27N3O2. The van der Waals surface area contributed by atoms with E-state index in [0.29, 0.717) is 13.0 Å². The minimum atomic E-state index is 0.0894. The van der Waals surface area contributed by atoms with Gasteiger partial charge in [-0.05, 0) is 30.0 Å². The van der Waals surface area contributed by atoms with Crippen LogP contribution in [0, 0.1) is 5.92 Å². The minimum Gasteiger partial charge on any atom is -0.497 e. The van der Waals surface area contributed by atoms with Gasteiger partial charge in [0.1, 0.15) is 5.75 Å². The van der Waals surface area contributed by atoms with E-state index in [0.717, 1.165) is 29.3 Å². The van der Waals surface area contributed by atoms with Crippen LogP contribution in [0.2, 0.25) is 0 Å². The molecule has 1 aromatic carbocycles. The number of nitrogens with one attached hydrogen (secondary N) is 1. The second kappa shape index (κ2) is 8.70. The van der Waals surface area contributed by atoms with Crippen molar-refractivity contribution in [3.05, 3.63) is 42.2 Å². The summed E-state index contributed by atoms with van der Waals surface area (Å²) < 4.78 is 7.07. The maximum atomic E-state index is 12.1. The Morgan fingerprint density at radius 2 is 2.16 bits per heavy atom. The van der Waals surface area contributed by atoms with E-state index >= 15 is 0 Å². The number of amides is 1. The minimum absolute atomic E-state index is 0.0894. The number of carbonyl (C=O) groups is 1. The zero-order valence-corrected chi connectivity index (χ0v) is 14.9. The lowest BCUT2D eigenvalue weighted by atomic mass is 9.86. The van der Waals surface area contributed by atoms with Gasteiger partial charge in [0, 0.05) is 12.6 Å². The summed E-state index contributed by atoms with van der Waals surface area (Å²) in [6.45, 7) is 0.648. The summed E-state index contributed by atoms with van der Waals surface area (Å²) in [6, 6.07) is 7.91. The Hall–Kier alpha value is -2.30. The Morgan fingerprint density at radius 3 is 2.96 bits per heavy atom. The Labute approximate surface area is 149 Å². The predicted molar refractivity (Wildman–Crippen MR) is 98.8 cm³/mol. The molecular weight excluding hydrogens is 314 g/mol. The van der Waals surface area contributed by atoms with Crippen LogP contribution in [-0.4, -0.2) is 22.8 Å². The van der Waals surface area contributed by atoms with Crippen LogP contribution in [0.4, 0.5) is 5.69 Å². The Bertz CT molecular complexity index is 690. The van der Waals surface area contributed by atoms with E-state index in [-0.39, 0.29) is 5.91 Å². The average Bonchev–Trinajstić information content (AvgIpc) is 3.07. The quantitative estimate of drug-likeness (QED) is 0.819. The van der Waals surface area contributed by atoms with Crippen molar-refractivity contribution in [1.82, 2.24) is 9.78 Å². The predicted octanol–water partition coefficient (Wildman–Crippen LogP) is 4.24. The van der Waals surface area contributed by atoms with Gasteiger partial charge in [-0.25, -0.2) is 0 Å². The molecule has 0 atom stereocenters. The maximum Gasteiger partial charge on any atom is 0.224 e. The van der Waals surface area contributed by atoms with Crippen LogP contribution in [-0.2, 0) is 11.3 Å². The normalized spacial score (nSPS) is 15.1. The zero-order valence-electron chi connectivity index (χ0n) is 14.9. The SMILES string of the molecule is COc1cccc(Cn2cc(NC(=O)CCC3CCCCC3)cn2)c1. The number of nitrogens with zero attached hydrogens (tertiary/aromatic N) is 2. The van der Waals surface area contributed by atoms with Gasteiger partial charge in [0.2, 0.25) is 5.91 Å². The van der Waals surface area contributed by atoms with E-state index in [2.05, 4.69) is 10.4 Å².